The number of esters is 1. The number of sulfonamides is 1. The number of aryl methyl sites for hydroxylation is 1. The zero-order valence-electron chi connectivity index (χ0n) is 15.6. The number of carbonyl (C=O) groups is 1. The molecule has 150 valence electrons. The van der Waals surface area contributed by atoms with Crippen LogP contribution in [0.5, 0.6) is 5.75 Å². The molecule has 9 nitrogen and oxygen atoms in total. The lowest BCUT2D eigenvalue weighted by Crippen LogP contribution is -2.37. The fraction of sp³-hybridized carbons (Fsp3) is 0.278. The highest BCUT2D eigenvalue weighted by Gasteiger charge is 2.34. The minimum atomic E-state index is -4.48. The summed E-state index contributed by atoms with van der Waals surface area (Å²) in [6.07, 6.45) is 0. The Labute approximate surface area is 162 Å². The van der Waals surface area contributed by atoms with Crippen LogP contribution >= 0.6 is 0 Å². The number of hydrogen-bond donors (Lipinski definition) is 0. The zero-order chi connectivity index (χ0) is 20.9. The molecular formula is C18H20N2O7S. The van der Waals surface area contributed by atoms with Crippen molar-refractivity contribution >= 4 is 27.4 Å². The lowest BCUT2D eigenvalue weighted by molar-refractivity contribution is -0.387. The van der Waals surface area contributed by atoms with E-state index in [2.05, 4.69) is 0 Å². The Balaban J connectivity index is 2.71. The van der Waals surface area contributed by atoms with Crippen molar-refractivity contribution in [2.24, 2.45) is 0 Å². The van der Waals surface area contributed by atoms with Crippen molar-refractivity contribution in [2.45, 2.75) is 18.7 Å². The van der Waals surface area contributed by atoms with Crippen LogP contribution in [-0.4, -0.2) is 39.6 Å². The van der Waals surface area contributed by atoms with Crippen LogP contribution in [0.15, 0.2) is 47.4 Å². The maximum atomic E-state index is 13.3. The van der Waals surface area contributed by atoms with Crippen LogP contribution in [0.4, 0.5) is 11.4 Å². The second-order valence-electron chi connectivity index (χ2n) is 5.72. The van der Waals surface area contributed by atoms with Gasteiger partial charge in [-0.15, -0.1) is 0 Å². The average molecular weight is 408 g/mol. The first-order valence-corrected chi connectivity index (χ1v) is 9.72. The largest absolute Gasteiger partial charge is 0.495 e. The van der Waals surface area contributed by atoms with Gasteiger partial charge in [-0.05, 0) is 37.6 Å². The van der Waals surface area contributed by atoms with Gasteiger partial charge in [-0.2, -0.15) is 0 Å². The molecular weight excluding hydrogens is 388 g/mol. The molecule has 2 rings (SSSR count). The number of methoxy groups -OCH3 is 1. The first-order chi connectivity index (χ1) is 13.2. The number of benzene rings is 2. The first kappa shape index (κ1) is 21.2. The van der Waals surface area contributed by atoms with Gasteiger partial charge in [-0.3, -0.25) is 19.2 Å². The fourth-order valence-corrected chi connectivity index (χ4v) is 4.14. The number of para-hydroxylation sites is 1. The van der Waals surface area contributed by atoms with Crippen LogP contribution in [0, 0.1) is 17.0 Å². The van der Waals surface area contributed by atoms with E-state index in [1.807, 2.05) is 0 Å². The lowest BCUT2D eigenvalue weighted by atomic mass is 10.2. The van der Waals surface area contributed by atoms with Gasteiger partial charge in [0.15, 0.2) is 4.90 Å². The van der Waals surface area contributed by atoms with Crippen LogP contribution in [0.3, 0.4) is 0 Å². The van der Waals surface area contributed by atoms with Crippen molar-refractivity contribution < 1.29 is 27.6 Å². The Morgan fingerprint density at radius 2 is 1.89 bits per heavy atom. The van der Waals surface area contributed by atoms with E-state index in [9.17, 15) is 23.3 Å². The number of ether oxygens (including phenoxy) is 2. The Kier molecular flexibility index (Phi) is 6.57. The highest BCUT2D eigenvalue weighted by atomic mass is 32.2. The van der Waals surface area contributed by atoms with Gasteiger partial charge in [0, 0.05) is 6.07 Å². The Morgan fingerprint density at radius 3 is 2.50 bits per heavy atom. The maximum absolute atomic E-state index is 13.3. The Morgan fingerprint density at radius 1 is 1.21 bits per heavy atom. The van der Waals surface area contributed by atoms with Crippen molar-refractivity contribution in [3.05, 3.63) is 58.1 Å². The second-order valence-corrected chi connectivity index (χ2v) is 7.55. The van der Waals surface area contributed by atoms with Gasteiger partial charge in [0.1, 0.15) is 12.3 Å². The smallest absolute Gasteiger partial charge is 0.326 e. The summed E-state index contributed by atoms with van der Waals surface area (Å²) in [4.78, 5) is 22.1. The van der Waals surface area contributed by atoms with Gasteiger partial charge in [0.05, 0.1) is 24.3 Å². The molecule has 0 fully saturated rings. The normalized spacial score (nSPS) is 11.0. The van der Waals surface area contributed by atoms with E-state index >= 15 is 0 Å². The molecule has 0 saturated carbocycles. The van der Waals surface area contributed by atoms with E-state index in [0.29, 0.717) is 5.56 Å². The van der Waals surface area contributed by atoms with E-state index in [-0.39, 0.29) is 18.0 Å². The molecule has 0 aliphatic rings. The molecule has 0 aliphatic carbocycles. The summed E-state index contributed by atoms with van der Waals surface area (Å²) in [5.74, 6) is -0.606. The molecule has 2 aromatic carbocycles. The number of hydrogen-bond acceptors (Lipinski definition) is 7. The van der Waals surface area contributed by atoms with Gasteiger partial charge in [0.25, 0.3) is 15.7 Å². The Hall–Kier alpha value is -3.14. The third-order valence-electron chi connectivity index (χ3n) is 3.81. The molecule has 0 amide bonds. The van der Waals surface area contributed by atoms with E-state index in [1.165, 1.54) is 25.3 Å². The number of nitro benzene ring substituents is 1. The van der Waals surface area contributed by atoms with E-state index in [4.69, 9.17) is 9.47 Å². The topological polar surface area (TPSA) is 116 Å². The minimum Gasteiger partial charge on any atom is -0.495 e. The molecule has 0 heterocycles. The zero-order valence-corrected chi connectivity index (χ0v) is 16.4. The van der Waals surface area contributed by atoms with Crippen molar-refractivity contribution in [3.63, 3.8) is 0 Å². The summed E-state index contributed by atoms with van der Waals surface area (Å²) >= 11 is 0. The number of carbonyl (C=O) groups excluding carboxylic acids is 1. The van der Waals surface area contributed by atoms with Crippen LogP contribution in [0.1, 0.15) is 12.5 Å². The van der Waals surface area contributed by atoms with Gasteiger partial charge in [-0.1, -0.05) is 18.2 Å². The summed E-state index contributed by atoms with van der Waals surface area (Å²) in [7, 11) is -3.13. The number of nitrogens with zero attached hydrogens (tertiary/aromatic N) is 2. The molecule has 0 aromatic heterocycles. The minimum absolute atomic E-state index is 0.0587. The number of nitro groups is 1. The van der Waals surface area contributed by atoms with E-state index in [1.54, 1.807) is 26.0 Å². The highest BCUT2D eigenvalue weighted by molar-refractivity contribution is 7.93. The SMILES string of the molecule is CCOC(=O)CN(c1cc(C)ccc1OC)S(=O)(=O)c1ccccc1[N+](=O)[O-]. The highest BCUT2D eigenvalue weighted by Crippen LogP contribution is 2.35. The summed E-state index contributed by atoms with van der Waals surface area (Å²) in [5.41, 5.74) is 0.194. The summed E-state index contributed by atoms with van der Waals surface area (Å²) in [6, 6.07) is 9.72. The van der Waals surface area contributed by atoms with Gasteiger partial charge < -0.3 is 9.47 Å². The fourth-order valence-electron chi connectivity index (χ4n) is 2.56. The molecule has 2 aromatic rings. The first-order valence-electron chi connectivity index (χ1n) is 8.28. The molecule has 0 spiro atoms. The molecule has 0 saturated heterocycles. The second kappa shape index (κ2) is 8.70. The number of rotatable bonds is 8. The molecule has 0 N–H and O–H groups in total. The van der Waals surface area contributed by atoms with Crippen LogP contribution < -0.4 is 9.04 Å². The quantitative estimate of drug-likeness (QED) is 0.374. The van der Waals surface area contributed by atoms with Crippen LogP contribution in [-0.2, 0) is 19.6 Å². The number of anilines is 1. The van der Waals surface area contributed by atoms with Crippen molar-refractivity contribution in [1.29, 1.82) is 0 Å². The van der Waals surface area contributed by atoms with Gasteiger partial charge in [-0.25, -0.2) is 8.42 Å². The van der Waals surface area contributed by atoms with Gasteiger partial charge in [0.2, 0.25) is 0 Å². The molecule has 0 atom stereocenters. The maximum Gasteiger partial charge on any atom is 0.326 e. The van der Waals surface area contributed by atoms with Crippen molar-refractivity contribution in [2.75, 3.05) is 24.6 Å². The summed E-state index contributed by atoms with van der Waals surface area (Å²) in [5, 5.41) is 11.3. The molecule has 0 bridgehead atoms. The monoisotopic (exact) mass is 408 g/mol. The van der Waals surface area contributed by atoms with E-state index < -0.39 is 38.0 Å². The van der Waals surface area contributed by atoms with Crippen LogP contribution in [0.25, 0.3) is 0 Å². The predicted octanol–water partition coefficient (Wildman–Crippen LogP) is 2.67. The standard InChI is InChI=1S/C18H20N2O7S/c1-4-27-18(21)12-19(15-11-13(2)9-10-16(15)26-3)28(24,25)17-8-6-5-7-14(17)20(22)23/h5-11H,4,12H2,1-3H3. The van der Waals surface area contributed by atoms with Crippen molar-refractivity contribution in [3.8, 4) is 5.75 Å². The summed E-state index contributed by atoms with van der Waals surface area (Å²) in [6.45, 7) is 2.72. The average Bonchev–Trinajstić information content (AvgIpc) is 2.66. The molecule has 0 radical (unpaired) electrons. The molecule has 10 heteroatoms. The molecule has 0 aliphatic heterocycles. The lowest BCUT2D eigenvalue weighted by Gasteiger charge is -2.25. The van der Waals surface area contributed by atoms with Gasteiger partial charge >= 0.3 is 5.97 Å². The Bertz CT molecular complexity index is 989. The summed E-state index contributed by atoms with van der Waals surface area (Å²) < 4.78 is 37.6. The third kappa shape index (κ3) is 4.39. The van der Waals surface area contributed by atoms with Crippen molar-refractivity contribution in [1.82, 2.24) is 0 Å². The molecule has 0 unspecified atom stereocenters. The predicted molar refractivity (Wildman–Crippen MR) is 102 cm³/mol. The van der Waals surface area contributed by atoms with E-state index in [0.717, 1.165) is 16.4 Å². The molecule has 28 heavy (non-hydrogen) atoms. The third-order valence-corrected chi connectivity index (χ3v) is 5.62. The van der Waals surface area contributed by atoms with Crippen LogP contribution in [0.2, 0.25) is 0 Å².